The molecule has 0 aliphatic carbocycles. The maximum absolute atomic E-state index is 3.98. The van der Waals surface area contributed by atoms with Crippen molar-refractivity contribution in [2.24, 2.45) is 0 Å². The molecule has 0 saturated carbocycles. The number of allylic oxidation sites excluding steroid dienone is 1. The summed E-state index contributed by atoms with van der Waals surface area (Å²) >= 11 is 0. The summed E-state index contributed by atoms with van der Waals surface area (Å²) < 4.78 is 0. The third-order valence-corrected chi connectivity index (χ3v) is 2.27. The maximum Gasteiger partial charge on any atom is -0.0228 e. The highest BCUT2D eigenvalue weighted by atomic mass is 14.1. The fourth-order valence-corrected chi connectivity index (χ4v) is 1.18. The zero-order valence-electron chi connectivity index (χ0n) is 8.07. The lowest BCUT2D eigenvalue weighted by atomic mass is 9.98. The van der Waals surface area contributed by atoms with Gasteiger partial charge < -0.3 is 0 Å². The van der Waals surface area contributed by atoms with E-state index in [1.165, 1.54) is 16.7 Å². The second kappa shape index (κ2) is 3.14. The first-order valence-corrected chi connectivity index (χ1v) is 4.11. The van der Waals surface area contributed by atoms with Crippen molar-refractivity contribution in [2.75, 3.05) is 0 Å². The molecule has 0 amide bonds. The summed E-state index contributed by atoms with van der Waals surface area (Å²) in [4.78, 5) is 0. The predicted molar refractivity (Wildman–Crippen MR) is 55.1 cm³/mol. The molecule has 0 aromatic heterocycles. The van der Waals surface area contributed by atoms with E-state index in [0.717, 1.165) is 11.1 Å². The number of benzene rings is 1. The van der Waals surface area contributed by atoms with Crippen LogP contribution in [-0.2, 0) is 0 Å². The lowest BCUT2D eigenvalue weighted by Gasteiger charge is -2.08. The van der Waals surface area contributed by atoms with Gasteiger partial charge in [-0.1, -0.05) is 24.3 Å². The van der Waals surface area contributed by atoms with E-state index in [2.05, 4.69) is 39.5 Å². The Kier molecular flexibility index (Phi) is 2.37. The van der Waals surface area contributed by atoms with Gasteiger partial charge in [-0.15, -0.1) is 0 Å². The van der Waals surface area contributed by atoms with Crippen LogP contribution in [0.2, 0.25) is 0 Å². The smallest absolute Gasteiger partial charge is 0.0228 e. The summed E-state index contributed by atoms with van der Waals surface area (Å²) in [5.74, 6) is 0. The molecule has 0 N–H and O–H groups in total. The minimum Gasteiger partial charge on any atom is -0.0955 e. The zero-order valence-corrected chi connectivity index (χ0v) is 8.07. The van der Waals surface area contributed by atoms with Crippen molar-refractivity contribution < 1.29 is 0 Å². The van der Waals surface area contributed by atoms with Gasteiger partial charge in [-0.25, -0.2) is 0 Å². The highest BCUT2D eigenvalue weighted by Crippen LogP contribution is 2.19. The van der Waals surface area contributed by atoms with Crippen LogP contribution < -0.4 is 0 Å². The molecule has 0 heterocycles. The molecule has 1 rings (SSSR count). The van der Waals surface area contributed by atoms with Gasteiger partial charge in [-0.05, 0) is 49.9 Å². The topological polar surface area (TPSA) is 0 Å². The highest BCUT2D eigenvalue weighted by molar-refractivity contribution is 5.64. The van der Waals surface area contributed by atoms with Crippen molar-refractivity contribution in [3.8, 4) is 0 Å². The predicted octanol–water partition coefficient (Wildman–Crippen LogP) is 3.52. The number of hydrogen-bond acceptors (Lipinski definition) is 0. The number of rotatable bonds is 1. The van der Waals surface area contributed by atoms with Gasteiger partial charge in [0.25, 0.3) is 0 Å². The molecule has 0 nitrogen and oxygen atoms in total. The van der Waals surface area contributed by atoms with E-state index in [1.54, 1.807) is 0 Å². The van der Waals surface area contributed by atoms with Crippen molar-refractivity contribution >= 4 is 5.57 Å². The van der Waals surface area contributed by atoms with Gasteiger partial charge in [-0.2, -0.15) is 0 Å². The van der Waals surface area contributed by atoms with E-state index >= 15 is 0 Å². The van der Waals surface area contributed by atoms with Crippen molar-refractivity contribution in [1.82, 2.24) is 0 Å². The van der Waals surface area contributed by atoms with Crippen LogP contribution in [0.5, 0.6) is 0 Å². The average Bonchev–Trinajstić information content (AvgIpc) is 1.99. The monoisotopic (exact) mass is 159 g/mol. The van der Waals surface area contributed by atoms with Crippen molar-refractivity contribution in [2.45, 2.75) is 20.8 Å². The minimum atomic E-state index is 1.10. The average molecular weight is 159 g/mol. The van der Waals surface area contributed by atoms with Crippen LogP contribution in [0.3, 0.4) is 0 Å². The molecule has 0 unspecified atom stereocenters. The summed E-state index contributed by atoms with van der Waals surface area (Å²) in [6.07, 6.45) is 0. The van der Waals surface area contributed by atoms with Gasteiger partial charge in [-0.3, -0.25) is 0 Å². The maximum atomic E-state index is 3.98. The molecular formula is C12H15. The van der Waals surface area contributed by atoms with Gasteiger partial charge in [0.15, 0.2) is 0 Å². The Labute approximate surface area is 74.9 Å². The molecule has 1 aromatic carbocycles. The van der Waals surface area contributed by atoms with Crippen LogP contribution in [0.15, 0.2) is 18.7 Å². The van der Waals surface area contributed by atoms with E-state index in [4.69, 9.17) is 0 Å². The molecule has 0 spiro atoms. The Morgan fingerprint density at radius 3 is 2.25 bits per heavy atom. The Hall–Kier alpha value is -1.04. The van der Waals surface area contributed by atoms with Crippen LogP contribution in [0.1, 0.15) is 29.2 Å². The SMILES string of the molecule is [CH2]c1cc(C(=C)C)cc(C)c1C. The first-order chi connectivity index (χ1) is 5.52. The molecule has 0 heteroatoms. The fraction of sp³-hybridized carbons (Fsp3) is 0.250. The van der Waals surface area contributed by atoms with Crippen LogP contribution in [0.25, 0.3) is 5.57 Å². The molecule has 1 aromatic rings. The number of aryl methyl sites for hydroxylation is 1. The third kappa shape index (κ3) is 1.58. The highest BCUT2D eigenvalue weighted by Gasteiger charge is 2.00. The Morgan fingerprint density at radius 2 is 1.83 bits per heavy atom. The Balaban J connectivity index is 3.31. The largest absolute Gasteiger partial charge is 0.0955 e. The van der Waals surface area contributed by atoms with Gasteiger partial charge >= 0.3 is 0 Å². The summed E-state index contributed by atoms with van der Waals surface area (Å²) in [7, 11) is 0. The van der Waals surface area contributed by atoms with E-state index in [1.807, 2.05) is 6.92 Å². The number of hydrogen-bond donors (Lipinski definition) is 0. The van der Waals surface area contributed by atoms with E-state index < -0.39 is 0 Å². The molecule has 0 saturated heterocycles. The molecule has 0 bridgehead atoms. The van der Waals surface area contributed by atoms with Crippen molar-refractivity contribution in [3.05, 3.63) is 47.9 Å². The van der Waals surface area contributed by atoms with E-state index in [9.17, 15) is 0 Å². The summed E-state index contributed by atoms with van der Waals surface area (Å²) in [5, 5.41) is 0. The first kappa shape index (κ1) is 9.05. The normalized spacial score (nSPS) is 10.0. The molecule has 63 valence electrons. The third-order valence-electron chi connectivity index (χ3n) is 2.27. The Bertz CT molecular complexity index is 296. The molecule has 12 heavy (non-hydrogen) atoms. The van der Waals surface area contributed by atoms with Crippen molar-refractivity contribution in [3.63, 3.8) is 0 Å². The van der Waals surface area contributed by atoms with Gasteiger partial charge in [0.1, 0.15) is 0 Å². The second-order valence-corrected chi connectivity index (χ2v) is 3.36. The van der Waals surface area contributed by atoms with Crippen molar-refractivity contribution in [1.29, 1.82) is 0 Å². The fourth-order valence-electron chi connectivity index (χ4n) is 1.18. The molecular weight excluding hydrogens is 144 g/mol. The molecule has 0 aliphatic rings. The lowest BCUT2D eigenvalue weighted by Crippen LogP contribution is -1.89. The van der Waals surface area contributed by atoms with Crippen LogP contribution >= 0.6 is 0 Å². The molecule has 0 atom stereocenters. The van der Waals surface area contributed by atoms with Crippen LogP contribution in [0, 0.1) is 20.8 Å². The van der Waals surface area contributed by atoms with Gasteiger partial charge in [0.05, 0.1) is 0 Å². The molecule has 1 radical (unpaired) electrons. The minimum absolute atomic E-state index is 1.10. The Morgan fingerprint density at radius 1 is 1.25 bits per heavy atom. The summed E-state index contributed by atoms with van der Waals surface area (Å²) in [5.41, 5.74) is 5.97. The van der Waals surface area contributed by atoms with E-state index in [-0.39, 0.29) is 0 Å². The van der Waals surface area contributed by atoms with E-state index in [0.29, 0.717) is 0 Å². The van der Waals surface area contributed by atoms with Crippen LogP contribution in [-0.4, -0.2) is 0 Å². The summed E-state index contributed by atoms with van der Waals surface area (Å²) in [6, 6.07) is 4.25. The van der Waals surface area contributed by atoms with Crippen LogP contribution in [0.4, 0.5) is 0 Å². The first-order valence-electron chi connectivity index (χ1n) is 4.11. The summed E-state index contributed by atoms with van der Waals surface area (Å²) in [6.45, 7) is 14.1. The quantitative estimate of drug-likeness (QED) is 0.588. The zero-order chi connectivity index (χ0) is 9.30. The van der Waals surface area contributed by atoms with Gasteiger partial charge in [0, 0.05) is 0 Å². The standard InChI is InChI=1S/C12H15/c1-8(2)12-6-9(3)11(5)10(4)7-12/h6-7H,1,3H2,2,4-5H3. The van der Waals surface area contributed by atoms with Gasteiger partial charge in [0.2, 0.25) is 0 Å². The molecule has 0 fully saturated rings. The lowest BCUT2D eigenvalue weighted by molar-refractivity contribution is 1.30. The second-order valence-electron chi connectivity index (χ2n) is 3.36. The molecule has 0 aliphatic heterocycles.